The number of carbonyl (C=O) groups excluding carboxylic acids is 1. The van der Waals surface area contributed by atoms with E-state index in [2.05, 4.69) is 17.6 Å². The van der Waals surface area contributed by atoms with Crippen LogP contribution in [-0.2, 0) is 9.53 Å². The van der Waals surface area contributed by atoms with Crippen LogP contribution in [0.5, 0.6) is 11.5 Å². The van der Waals surface area contributed by atoms with Crippen LogP contribution in [0.2, 0.25) is 0 Å². The average Bonchev–Trinajstić information content (AvgIpc) is 3.04. The lowest BCUT2D eigenvalue weighted by Crippen LogP contribution is -2.45. The van der Waals surface area contributed by atoms with Crippen LogP contribution >= 0.6 is 12.2 Å². The summed E-state index contributed by atoms with van der Waals surface area (Å²) in [4.78, 5) is 13.1. The Bertz CT molecular complexity index is 777. The molecule has 3 atom stereocenters. The Balaban J connectivity index is 1.98. The zero-order chi connectivity index (χ0) is 19.6. The molecule has 2 N–H and O–H groups in total. The highest BCUT2D eigenvalue weighted by Gasteiger charge is 2.35. The second-order valence-electron chi connectivity index (χ2n) is 7.03. The van der Waals surface area contributed by atoms with Crippen molar-refractivity contribution in [1.82, 2.24) is 10.6 Å². The predicted molar refractivity (Wildman–Crippen MR) is 107 cm³/mol. The van der Waals surface area contributed by atoms with Gasteiger partial charge in [-0.3, -0.25) is 0 Å². The van der Waals surface area contributed by atoms with Gasteiger partial charge in [0.2, 0.25) is 0 Å². The van der Waals surface area contributed by atoms with Gasteiger partial charge >= 0.3 is 5.97 Å². The Morgan fingerprint density at radius 3 is 2.63 bits per heavy atom. The third-order valence-corrected chi connectivity index (χ3v) is 5.50. The van der Waals surface area contributed by atoms with Crippen LogP contribution in [0.4, 0.5) is 0 Å². The fraction of sp³-hybridized carbons (Fsp3) is 0.500. The van der Waals surface area contributed by atoms with Crippen molar-refractivity contribution in [3.63, 3.8) is 0 Å². The summed E-state index contributed by atoms with van der Waals surface area (Å²) in [6, 6.07) is 5.01. The lowest BCUT2D eigenvalue weighted by Gasteiger charge is -2.31. The third-order valence-electron chi connectivity index (χ3n) is 5.28. The maximum Gasteiger partial charge on any atom is 0.338 e. The van der Waals surface area contributed by atoms with Gasteiger partial charge in [0.25, 0.3) is 0 Å². The van der Waals surface area contributed by atoms with E-state index < -0.39 is 6.04 Å². The number of esters is 1. The lowest BCUT2D eigenvalue weighted by molar-refractivity contribution is -0.146. The number of methoxy groups -OCH3 is 2. The number of hydrogen-bond acceptors (Lipinski definition) is 5. The van der Waals surface area contributed by atoms with E-state index in [-0.39, 0.29) is 12.1 Å². The molecule has 1 aliphatic carbocycles. The Morgan fingerprint density at radius 2 is 2.00 bits per heavy atom. The summed E-state index contributed by atoms with van der Waals surface area (Å²) in [7, 11) is 3.20. The summed E-state index contributed by atoms with van der Waals surface area (Å²) in [5, 5.41) is 6.67. The molecule has 0 spiro atoms. The summed E-state index contributed by atoms with van der Waals surface area (Å²) in [5.74, 6) is 1.37. The zero-order valence-corrected chi connectivity index (χ0v) is 16.9. The van der Waals surface area contributed by atoms with Crippen LogP contribution in [0.25, 0.3) is 0 Å². The maximum atomic E-state index is 13.1. The molecule has 1 saturated carbocycles. The number of thiocarbonyl (C=S) groups is 1. The topological polar surface area (TPSA) is 68.8 Å². The van der Waals surface area contributed by atoms with Gasteiger partial charge in [-0.05, 0) is 62.5 Å². The lowest BCUT2D eigenvalue weighted by atomic mass is 9.94. The summed E-state index contributed by atoms with van der Waals surface area (Å²) >= 11 is 5.32. The molecule has 0 saturated heterocycles. The zero-order valence-electron chi connectivity index (χ0n) is 16.1. The van der Waals surface area contributed by atoms with E-state index in [0.29, 0.717) is 33.8 Å². The Morgan fingerprint density at radius 1 is 1.22 bits per heavy atom. The minimum absolute atomic E-state index is 0.0421. The molecule has 27 heavy (non-hydrogen) atoms. The molecule has 0 bridgehead atoms. The Labute approximate surface area is 165 Å². The van der Waals surface area contributed by atoms with Gasteiger partial charge in [0.05, 0.1) is 25.8 Å². The standard InChI is InChI=1S/C20H26N2O4S/c1-11-6-5-7-15(11)26-19(23)17-12(2)21-20(27)22-18(17)14-10-13(24-3)8-9-16(14)25-4/h8-11,15,18H,5-7H2,1-4H3,(H2,21,22,27)/t11-,15-,18+/m1/s1. The van der Waals surface area contributed by atoms with Crippen molar-refractivity contribution < 1.29 is 19.0 Å². The number of hydrogen-bond donors (Lipinski definition) is 2. The maximum absolute atomic E-state index is 13.1. The highest BCUT2D eigenvalue weighted by molar-refractivity contribution is 7.80. The number of benzene rings is 1. The molecule has 1 heterocycles. The molecule has 1 aromatic rings. The van der Waals surface area contributed by atoms with Gasteiger partial charge in [0.1, 0.15) is 17.6 Å². The van der Waals surface area contributed by atoms with Gasteiger partial charge < -0.3 is 24.8 Å². The molecule has 3 rings (SSSR count). The highest BCUT2D eigenvalue weighted by atomic mass is 32.1. The van der Waals surface area contributed by atoms with Crippen LogP contribution in [0.15, 0.2) is 29.5 Å². The van der Waals surface area contributed by atoms with Crippen molar-refractivity contribution in [3.05, 3.63) is 35.0 Å². The Kier molecular flexibility index (Phi) is 5.89. The molecule has 6 nitrogen and oxygen atoms in total. The van der Waals surface area contributed by atoms with Crippen molar-refractivity contribution in [3.8, 4) is 11.5 Å². The molecular formula is C20H26N2O4S. The number of carbonyl (C=O) groups is 1. The normalized spacial score (nSPS) is 24.9. The van der Waals surface area contributed by atoms with Gasteiger partial charge in [-0.25, -0.2) is 4.79 Å². The second kappa shape index (κ2) is 8.17. The van der Waals surface area contributed by atoms with Crippen molar-refractivity contribution in [2.24, 2.45) is 5.92 Å². The molecular weight excluding hydrogens is 364 g/mol. The van der Waals surface area contributed by atoms with Gasteiger partial charge in [-0.1, -0.05) is 6.92 Å². The van der Waals surface area contributed by atoms with E-state index >= 15 is 0 Å². The quantitative estimate of drug-likeness (QED) is 0.591. The van der Waals surface area contributed by atoms with Gasteiger partial charge in [0.15, 0.2) is 5.11 Å². The monoisotopic (exact) mass is 390 g/mol. The molecule has 0 amide bonds. The fourth-order valence-corrected chi connectivity index (χ4v) is 4.02. The largest absolute Gasteiger partial charge is 0.497 e. The molecule has 0 unspecified atom stereocenters. The van der Waals surface area contributed by atoms with Crippen molar-refractivity contribution >= 4 is 23.3 Å². The molecule has 0 aromatic heterocycles. The van der Waals surface area contributed by atoms with Gasteiger partial charge in [-0.2, -0.15) is 0 Å². The molecule has 1 aliphatic heterocycles. The number of rotatable bonds is 5. The molecule has 1 fully saturated rings. The first-order valence-corrected chi connectivity index (χ1v) is 9.56. The molecule has 1 aromatic carbocycles. The van der Waals surface area contributed by atoms with Crippen LogP contribution in [0.3, 0.4) is 0 Å². The van der Waals surface area contributed by atoms with E-state index in [1.807, 2.05) is 25.1 Å². The first-order valence-electron chi connectivity index (χ1n) is 9.15. The first kappa shape index (κ1) is 19.5. The summed E-state index contributed by atoms with van der Waals surface area (Å²) in [6.07, 6.45) is 3.04. The first-order chi connectivity index (χ1) is 12.9. The van der Waals surface area contributed by atoms with E-state index in [1.165, 1.54) is 0 Å². The van der Waals surface area contributed by atoms with Gasteiger partial charge in [-0.15, -0.1) is 0 Å². The van der Waals surface area contributed by atoms with Gasteiger partial charge in [0, 0.05) is 11.3 Å². The van der Waals surface area contributed by atoms with E-state index in [9.17, 15) is 4.79 Å². The van der Waals surface area contributed by atoms with E-state index in [0.717, 1.165) is 24.8 Å². The SMILES string of the molecule is COc1ccc(OC)c([C@@H]2NC(=S)NC(C)=C2C(=O)O[C@@H]2CCC[C@H]2C)c1. The fourth-order valence-electron chi connectivity index (χ4n) is 3.75. The van der Waals surface area contributed by atoms with Crippen LogP contribution in [0, 0.1) is 5.92 Å². The second-order valence-corrected chi connectivity index (χ2v) is 7.44. The number of allylic oxidation sites excluding steroid dienone is 1. The van der Waals surface area contributed by atoms with Crippen LogP contribution in [0.1, 0.15) is 44.7 Å². The smallest absolute Gasteiger partial charge is 0.338 e. The molecule has 7 heteroatoms. The predicted octanol–water partition coefficient (Wildman–Crippen LogP) is 3.23. The van der Waals surface area contributed by atoms with Crippen molar-refractivity contribution in [2.45, 2.75) is 45.3 Å². The van der Waals surface area contributed by atoms with E-state index in [4.69, 9.17) is 26.4 Å². The minimum Gasteiger partial charge on any atom is -0.497 e. The van der Waals surface area contributed by atoms with E-state index in [1.54, 1.807) is 14.2 Å². The summed E-state index contributed by atoms with van der Waals surface area (Å²) < 4.78 is 16.7. The molecule has 0 radical (unpaired) electrons. The van der Waals surface area contributed by atoms with Crippen molar-refractivity contribution in [1.29, 1.82) is 0 Å². The Hall–Kier alpha value is -2.28. The minimum atomic E-state index is -0.479. The highest BCUT2D eigenvalue weighted by Crippen LogP contribution is 2.37. The summed E-state index contributed by atoms with van der Waals surface area (Å²) in [6.45, 7) is 3.96. The molecule has 146 valence electrons. The number of ether oxygens (including phenoxy) is 3. The van der Waals surface area contributed by atoms with Crippen molar-refractivity contribution in [2.75, 3.05) is 14.2 Å². The summed E-state index contributed by atoms with van der Waals surface area (Å²) in [5.41, 5.74) is 1.96. The third kappa shape index (κ3) is 4.03. The average molecular weight is 391 g/mol. The number of nitrogens with one attached hydrogen (secondary N) is 2. The van der Waals surface area contributed by atoms with Crippen LogP contribution < -0.4 is 20.1 Å². The molecule has 2 aliphatic rings. The van der Waals surface area contributed by atoms with Crippen LogP contribution in [-0.4, -0.2) is 31.4 Å².